The Morgan fingerprint density at radius 2 is 1.43 bits per heavy atom. The van der Waals surface area contributed by atoms with Gasteiger partial charge in [0.25, 0.3) is 0 Å². The zero-order chi connectivity index (χ0) is 14.9. The van der Waals surface area contributed by atoms with Crippen LogP contribution in [-0.4, -0.2) is 18.3 Å². The van der Waals surface area contributed by atoms with E-state index in [1.165, 1.54) is 0 Å². The van der Waals surface area contributed by atoms with E-state index in [0.29, 0.717) is 19.6 Å². The molecule has 0 bridgehead atoms. The summed E-state index contributed by atoms with van der Waals surface area (Å²) in [4.78, 5) is 0. The lowest BCUT2D eigenvalue weighted by molar-refractivity contribution is 0.139. The molecule has 1 unspecified atom stereocenters. The van der Waals surface area contributed by atoms with Crippen molar-refractivity contribution in [2.75, 3.05) is 13.2 Å². The van der Waals surface area contributed by atoms with E-state index < -0.39 is 6.10 Å². The van der Waals surface area contributed by atoms with Gasteiger partial charge < -0.3 is 14.6 Å². The van der Waals surface area contributed by atoms with E-state index in [2.05, 4.69) is 6.92 Å². The molecule has 2 aromatic rings. The zero-order valence-electron chi connectivity index (χ0n) is 12.4. The maximum Gasteiger partial charge on any atom is 0.161 e. The first-order valence-corrected chi connectivity index (χ1v) is 7.39. The standard InChI is InChI=1S/C18H22O3/c1-2-13-20-17-10-6-7-11-18(17)21-14-12-16(19)15-8-4-3-5-9-15/h3-11,16,19H,2,12-14H2,1H3. The molecule has 0 aromatic heterocycles. The summed E-state index contributed by atoms with van der Waals surface area (Å²) in [6.07, 6.45) is 1.00. The molecular weight excluding hydrogens is 264 g/mol. The van der Waals surface area contributed by atoms with E-state index in [1.54, 1.807) is 0 Å². The first-order chi connectivity index (χ1) is 10.3. The number of aliphatic hydroxyl groups excluding tert-OH is 1. The van der Waals surface area contributed by atoms with Crippen LogP contribution in [0.15, 0.2) is 54.6 Å². The van der Waals surface area contributed by atoms with E-state index in [-0.39, 0.29) is 0 Å². The average molecular weight is 286 g/mol. The highest BCUT2D eigenvalue weighted by Crippen LogP contribution is 2.27. The summed E-state index contributed by atoms with van der Waals surface area (Å²) < 4.78 is 11.4. The van der Waals surface area contributed by atoms with Crippen molar-refractivity contribution in [3.8, 4) is 11.5 Å². The fraction of sp³-hybridized carbons (Fsp3) is 0.333. The van der Waals surface area contributed by atoms with Crippen LogP contribution >= 0.6 is 0 Å². The largest absolute Gasteiger partial charge is 0.490 e. The number of hydrogen-bond acceptors (Lipinski definition) is 3. The average Bonchev–Trinajstić information content (AvgIpc) is 2.54. The van der Waals surface area contributed by atoms with Crippen molar-refractivity contribution in [1.29, 1.82) is 0 Å². The topological polar surface area (TPSA) is 38.7 Å². The van der Waals surface area contributed by atoms with Crippen LogP contribution in [0.2, 0.25) is 0 Å². The molecular formula is C18H22O3. The van der Waals surface area contributed by atoms with Crippen molar-refractivity contribution >= 4 is 0 Å². The number of benzene rings is 2. The number of hydrogen-bond donors (Lipinski definition) is 1. The fourth-order valence-electron chi connectivity index (χ4n) is 2.02. The fourth-order valence-corrected chi connectivity index (χ4v) is 2.02. The lowest BCUT2D eigenvalue weighted by atomic mass is 10.1. The second kappa shape index (κ2) is 8.32. The third-order valence-electron chi connectivity index (χ3n) is 3.14. The Balaban J connectivity index is 1.86. The van der Waals surface area contributed by atoms with Gasteiger partial charge in [0, 0.05) is 6.42 Å². The summed E-state index contributed by atoms with van der Waals surface area (Å²) in [5.74, 6) is 1.49. The van der Waals surface area contributed by atoms with Crippen LogP contribution in [0.5, 0.6) is 11.5 Å². The lowest BCUT2D eigenvalue weighted by Gasteiger charge is -2.14. The number of ether oxygens (including phenoxy) is 2. The van der Waals surface area contributed by atoms with Gasteiger partial charge in [0.1, 0.15) is 0 Å². The normalized spacial score (nSPS) is 11.9. The predicted octanol–water partition coefficient (Wildman–Crippen LogP) is 3.98. The highest BCUT2D eigenvalue weighted by Gasteiger charge is 2.08. The molecule has 21 heavy (non-hydrogen) atoms. The van der Waals surface area contributed by atoms with Crippen LogP contribution in [0, 0.1) is 0 Å². The molecule has 2 rings (SSSR count). The highest BCUT2D eigenvalue weighted by molar-refractivity contribution is 5.39. The Morgan fingerprint density at radius 1 is 0.857 bits per heavy atom. The second-order valence-corrected chi connectivity index (χ2v) is 4.86. The summed E-state index contributed by atoms with van der Waals surface area (Å²) in [5, 5.41) is 10.1. The zero-order valence-corrected chi connectivity index (χ0v) is 12.4. The van der Waals surface area contributed by atoms with Gasteiger partial charge in [-0.15, -0.1) is 0 Å². The summed E-state index contributed by atoms with van der Waals surface area (Å²) >= 11 is 0. The van der Waals surface area contributed by atoms with Crippen LogP contribution in [0.25, 0.3) is 0 Å². The molecule has 1 N–H and O–H groups in total. The molecule has 3 heteroatoms. The Morgan fingerprint density at radius 3 is 2.05 bits per heavy atom. The summed E-state index contributed by atoms with van der Waals surface area (Å²) in [5.41, 5.74) is 0.914. The maximum atomic E-state index is 10.1. The maximum absolute atomic E-state index is 10.1. The van der Waals surface area contributed by atoms with Gasteiger partial charge in [-0.2, -0.15) is 0 Å². The molecule has 2 aromatic carbocycles. The molecule has 0 saturated carbocycles. The van der Waals surface area contributed by atoms with Gasteiger partial charge in [-0.3, -0.25) is 0 Å². The molecule has 0 aliphatic heterocycles. The third kappa shape index (κ3) is 4.80. The van der Waals surface area contributed by atoms with Gasteiger partial charge in [-0.25, -0.2) is 0 Å². The van der Waals surface area contributed by atoms with E-state index in [1.807, 2.05) is 54.6 Å². The van der Waals surface area contributed by atoms with Gasteiger partial charge in [0.2, 0.25) is 0 Å². The Labute approximate surface area is 126 Å². The van der Waals surface area contributed by atoms with Gasteiger partial charge in [0.05, 0.1) is 19.3 Å². The van der Waals surface area contributed by atoms with Crippen molar-refractivity contribution in [3.63, 3.8) is 0 Å². The molecule has 0 aliphatic carbocycles. The molecule has 1 atom stereocenters. The minimum Gasteiger partial charge on any atom is -0.490 e. The summed E-state index contributed by atoms with van der Waals surface area (Å²) in [7, 11) is 0. The van der Waals surface area contributed by atoms with Crippen LogP contribution in [-0.2, 0) is 0 Å². The highest BCUT2D eigenvalue weighted by atomic mass is 16.5. The predicted molar refractivity (Wildman–Crippen MR) is 83.7 cm³/mol. The SMILES string of the molecule is CCCOc1ccccc1OCCC(O)c1ccccc1. The van der Waals surface area contributed by atoms with Crippen LogP contribution < -0.4 is 9.47 Å². The summed E-state index contributed by atoms with van der Waals surface area (Å²) in [6.45, 7) is 3.19. The molecule has 0 spiro atoms. The quantitative estimate of drug-likeness (QED) is 0.797. The number of aliphatic hydroxyl groups is 1. The number of rotatable bonds is 8. The van der Waals surface area contributed by atoms with E-state index in [0.717, 1.165) is 23.5 Å². The van der Waals surface area contributed by atoms with Crippen molar-refractivity contribution in [2.24, 2.45) is 0 Å². The van der Waals surface area contributed by atoms with Crippen LogP contribution in [0.1, 0.15) is 31.4 Å². The minimum absolute atomic E-state index is 0.447. The smallest absolute Gasteiger partial charge is 0.161 e. The van der Waals surface area contributed by atoms with Gasteiger partial charge in [0.15, 0.2) is 11.5 Å². The third-order valence-corrected chi connectivity index (χ3v) is 3.14. The Bertz CT molecular complexity index is 525. The molecule has 0 fully saturated rings. The second-order valence-electron chi connectivity index (χ2n) is 4.86. The first-order valence-electron chi connectivity index (χ1n) is 7.39. The van der Waals surface area contributed by atoms with Gasteiger partial charge >= 0.3 is 0 Å². The van der Waals surface area contributed by atoms with E-state index in [4.69, 9.17) is 9.47 Å². The lowest BCUT2D eigenvalue weighted by Crippen LogP contribution is -2.06. The first kappa shape index (κ1) is 15.4. The number of para-hydroxylation sites is 2. The molecule has 0 amide bonds. The minimum atomic E-state index is -0.505. The van der Waals surface area contributed by atoms with Crippen molar-refractivity contribution in [1.82, 2.24) is 0 Å². The van der Waals surface area contributed by atoms with Crippen molar-refractivity contribution < 1.29 is 14.6 Å². The van der Waals surface area contributed by atoms with Crippen LogP contribution in [0.4, 0.5) is 0 Å². The molecule has 112 valence electrons. The molecule has 0 radical (unpaired) electrons. The molecule has 0 aliphatic rings. The van der Waals surface area contributed by atoms with Gasteiger partial charge in [-0.1, -0.05) is 49.4 Å². The Hall–Kier alpha value is -2.00. The molecule has 3 nitrogen and oxygen atoms in total. The summed E-state index contributed by atoms with van der Waals surface area (Å²) in [6, 6.07) is 17.3. The van der Waals surface area contributed by atoms with Gasteiger partial charge in [-0.05, 0) is 24.1 Å². The van der Waals surface area contributed by atoms with Crippen molar-refractivity contribution in [3.05, 3.63) is 60.2 Å². The van der Waals surface area contributed by atoms with E-state index >= 15 is 0 Å². The van der Waals surface area contributed by atoms with Crippen LogP contribution in [0.3, 0.4) is 0 Å². The monoisotopic (exact) mass is 286 g/mol. The molecule has 0 heterocycles. The van der Waals surface area contributed by atoms with E-state index in [9.17, 15) is 5.11 Å². The molecule has 0 saturated heterocycles. The Kier molecular flexibility index (Phi) is 6.10. The van der Waals surface area contributed by atoms with Crippen molar-refractivity contribution in [2.45, 2.75) is 25.9 Å².